The summed E-state index contributed by atoms with van der Waals surface area (Å²) >= 11 is 0. The minimum absolute atomic E-state index is 0.0368. The summed E-state index contributed by atoms with van der Waals surface area (Å²) < 4.78 is 0. The number of rotatable bonds is 6. The van der Waals surface area contributed by atoms with Gasteiger partial charge in [0.05, 0.1) is 11.6 Å². The van der Waals surface area contributed by atoms with Gasteiger partial charge in [0.15, 0.2) is 5.78 Å². The van der Waals surface area contributed by atoms with Gasteiger partial charge in [-0.3, -0.25) is 9.59 Å². The SMILES string of the molecule is C=CCN(Cc1cccc(C#N)c1)C(=O)c1ccc(C(C)=O)cc1. The van der Waals surface area contributed by atoms with Crippen molar-refractivity contribution in [3.8, 4) is 6.07 Å². The second-order valence-corrected chi connectivity index (χ2v) is 5.42. The second-order valence-electron chi connectivity index (χ2n) is 5.42. The fourth-order valence-electron chi connectivity index (χ4n) is 2.36. The number of benzene rings is 2. The van der Waals surface area contributed by atoms with Crippen molar-refractivity contribution in [1.29, 1.82) is 5.26 Å². The summed E-state index contributed by atoms with van der Waals surface area (Å²) in [4.78, 5) is 25.7. The third kappa shape index (κ3) is 4.17. The zero-order valence-corrected chi connectivity index (χ0v) is 13.5. The lowest BCUT2D eigenvalue weighted by Crippen LogP contribution is -2.30. The smallest absolute Gasteiger partial charge is 0.254 e. The molecule has 2 aromatic carbocycles. The molecule has 0 unspecified atom stereocenters. The molecular formula is C20H18N2O2. The van der Waals surface area contributed by atoms with Gasteiger partial charge in [0.2, 0.25) is 0 Å². The van der Waals surface area contributed by atoms with E-state index in [0.29, 0.717) is 29.8 Å². The zero-order valence-electron chi connectivity index (χ0n) is 13.5. The van der Waals surface area contributed by atoms with E-state index in [2.05, 4.69) is 12.6 Å². The maximum Gasteiger partial charge on any atom is 0.254 e. The minimum atomic E-state index is -0.146. The van der Waals surface area contributed by atoms with Gasteiger partial charge in [-0.15, -0.1) is 6.58 Å². The van der Waals surface area contributed by atoms with E-state index < -0.39 is 0 Å². The quantitative estimate of drug-likeness (QED) is 0.604. The summed E-state index contributed by atoms with van der Waals surface area (Å²) in [5.74, 6) is -0.183. The fraction of sp³-hybridized carbons (Fsp3) is 0.150. The molecule has 4 nitrogen and oxygen atoms in total. The Morgan fingerprint density at radius 2 is 1.83 bits per heavy atom. The van der Waals surface area contributed by atoms with Crippen LogP contribution in [0, 0.1) is 11.3 Å². The number of nitriles is 1. The first-order chi connectivity index (χ1) is 11.5. The monoisotopic (exact) mass is 318 g/mol. The van der Waals surface area contributed by atoms with Crippen molar-refractivity contribution in [3.63, 3.8) is 0 Å². The lowest BCUT2D eigenvalue weighted by atomic mass is 10.1. The van der Waals surface area contributed by atoms with Crippen molar-refractivity contribution in [1.82, 2.24) is 4.90 Å². The van der Waals surface area contributed by atoms with Crippen LogP contribution in [0.5, 0.6) is 0 Å². The number of hydrogen-bond acceptors (Lipinski definition) is 3. The fourth-order valence-corrected chi connectivity index (χ4v) is 2.36. The molecule has 0 N–H and O–H groups in total. The standard InChI is InChI=1S/C20H18N2O2/c1-3-11-22(14-17-6-4-5-16(12-17)13-21)20(24)19-9-7-18(8-10-19)15(2)23/h3-10,12H,1,11,14H2,2H3. The molecule has 2 rings (SSSR count). The normalized spacial score (nSPS) is 9.83. The molecule has 0 aliphatic rings. The van der Waals surface area contributed by atoms with E-state index in [1.165, 1.54) is 6.92 Å². The van der Waals surface area contributed by atoms with E-state index in [-0.39, 0.29) is 11.7 Å². The number of nitrogens with zero attached hydrogens (tertiary/aromatic N) is 2. The van der Waals surface area contributed by atoms with Crippen LogP contribution in [0.15, 0.2) is 61.2 Å². The molecule has 1 amide bonds. The molecule has 0 saturated carbocycles. The van der Waals surface area contributed by atoms with Crippen LogP contribution >= 0.6 is 0 Å². The van der Waals surface area contributed by atoms with Gasteiger partial charge in [-0.05, 0) is 36.8 Å². The van der Waals surface area contributed by atoms with Crippen molar-refractivity contribution in [2.45, 2.75) is 13.5 Å². The topological polar surface area (TPSA) is 61.2 Å². The summed E-state index contributed by atoms with van der Waals surface area (Å²) in [5, 5.41) is 8.98. The van der Waals surface area contributed by atoms with Gasteiger partial charge < -0.3 is 4.90 Å². The number of ketones is 1. The number of carbonyl (C=O) groups is 2. The highest BCUT2D eigenvalue weighted by Gasteiger charge is 2.15. The minimum Gasteiger partial charge on any atom is -0.331 e. The highest BCUT2D eigenvalue weighted by molar-refractivity contribution is 5.97. The van der Waals surface area contributed by atoms with Gasteiger partial charge in [0.1, 0.15) is 0 Å². The summed E-state index contributed by atoms with van der Waals surface area (Å²) in [5.41, 5.74) is 2.52. The van der Waals surface area contributed by atoms with E-state index in [0.717, 1.165) is 5.56 Å². The van der Waals surface area contributed by atoms with Crippen LogP contribution < -0.4 is 0 Å². The maximum absolute atomic E-state index is 12.7. The maximum atomic E-state index is 12.7. The van der Waals surface area contributed by atoms with Crippen LogP contribution in [-0.4, -0.2) is 23.1 Å². The Kier molecular flexibility index (Phi) is 5.64. The predicted molar refractivity (Wildman–Crippen MR) is 92.5 cm³/mol. The van der Waals surface area contributed by atoms with Crippen molar-refractivity contribution >= 4 is 11.7 Å². The molecule has 2 aromatic rings. The second kappa shape index (κ2) is 7.89. The Morgan fingerprint density at radius 1 is 1.17 bits per heavy atom. The first-order valence-corrected chi connectivity index (χ1v) is 7.55. The molecule has 120 valence electrons. The molecule has 0 atom stereocenters. The number of carbonyl (C=O) groups excluding carboxylic acids is 2. The van der Waals surface area contributed by atoms with Crippen LogP contribution in [0.25, 0.3) is 0 Å². The van der Waals surface area contributed by atoms with E-state index >= 15 is 0 Å². The van der Waals surface area contributed by atoms with E-state index in [9.17, 15) is 9.59 Å². The van der Waals surface area contributed by atoms with Gasteiger partial charge in [0.25, 0.3) is 5.91 Å². The molecule has 4 heteroatoms. The number of amides is 1. The van der Waals surface area contributed by atoms with Gasteiger partial charge in [0, 0.05) is 24.2 Å². The Morgan fingerprint density at radius 3 is 2.42 bits per heavy atom. The Balaban J connectivity index is 2.22. The van der Waals surface area contributed by atoms with E-state index in [4.69, 9.17) is 5.26 Å². The average Bonchev–Trinajstić information content (AvgIpc) is 2.61. The van der Waals surface area contributed by atoms with Crippen molar-refractivity contribution in [3.05, 3.63) is 83.4 Å². The first-order valence-electron chi connectivity index (χ1n) is 7.55. The van der Waals surface area contributed by atoms with Crippen molar-refractivity contribution in [2.24, 2.45) is 0 Å². The summed E-state index contributed by atoms with van der Waals surface area (Å²) in [6, 6.07) is 15.9. The van der Waals surface area contributed by atoms with Crippen LogP contribution in [0.4, 0.5) is 0 Å². The number of hydrogen-bond donors (Lipinski definition) is 0. The molecule has 0 bridgehead atoms. The van der Waals surface area contributed by atoms with Gasteiger partial charge >= 0.3 is 0 Å². The lowest BCUT2D eigenvalue weighted by Gasteiger charge is -2.21. The van der Waals surface area contributed by atoms with Crippen LogP contribution in [0.2, 0.25) is 0 Å². The molecule has 0 aliphatic carbocycles. The molecule has 0 spiro atoms. The van der Waals surface area contributed by atoms with Crippen molar-refractivity contribution < 1.29 is 9.59 Å². The lowest BCUT2D eigenvalue weighted by molar-refractivity contribution is 0.0762. The Bertz CT molecular complexity index is 801. The van der Waals surface area contributed by atoms with Crippen LogP contribution in [0.1, 0.15) is 38.8 Å². The van der Waals surface area contributed by atoms with Gasteiger partial charge in [-0.25, -0.2) is 0 Å². The molecular weight excluding hydrogens is 300 g/mol. The Hall–Kier alpha value is -3.19. The molecule has 0 heterocycles. The van der Waals surface area contributed by atoms with Crippen LogP contribution in [-0.2, 0) is 6.54 Å². The van der Waals surface area contributed by atoms with Crippen molar-refractivity contribution in [2.75, 3.05) is 6.54 Å². The Labute approximate surface area is 141 Å². The highest BCUT2D eigenvalue weighted by Crippen LogP contribution is 2.13. The van der Waals surface area contributed by atoms with Gasteiger partial charge in [-0.2, -0.15) is 5.26 Å². The van der Waals surface area contributed by atoms with E-state index in [1.807, 2.05) is 6.07 Å². The largest absolute Gasteiger partial charge is 0.331 e. The third-order valence-corrected chi connectivity index (χ3v) is 3.60. The molecule has 24 heavy (non-hydrogen) atoms. The highest BCUT2D eigenvalue weighted by atomic mass is 16.2. The summed E-state index contributed by atoms with van der Waals surface area (Å²) in [7, 11) is 0. The average molecular weight is 318 g/mol. The van der Waals surface area contributed by atoms with Crippen LogP contribution in [0.3, 0.4) is 0 Å². The summed E-state index contributed by atoms with van der Waals surface area (Å²) in [6.07, 6.45) is 1.66. The molecule has 0 fully saturated rings. The third-order valence-electron chi connectivity index (χ3n) is 3.60. The molecule has 0 aromatic heterocycles. The zero-order chi connectivity index (χ0) is 17.5. The van der Waals surface area contributed by atoms with Gasteiger partial charge in [-0.1, -0.05) is 30.3 Å². The van der Waals surface area contributed by atoms with E-state index in [1.54, 1.807) is 53.4 Å². The predicted octanol–water partition coefficient (Wildman–Crippen LogP) is 3.59. The molecule has 0 saturated heterocycles. The summed E-state index contributed by atoms with van der Waals surface area (Å²) in [6.45, 7) is 5.96. The molecule has 0 radical (unpaired) electrons. The number of Topliss-reactive ketones (excluding diaryl/α,β-unsaturated/α-hetero) is 1. The molecule has 0 aliphatic heterocycles. The first kappa shape index (κ1) is 17.2.